The van der Waals surface area contributed by atoms with Crippen LogP contribution in [0, 0.1) is 6.92 Å². The second-order valence-corrected chi connectivity index (χ2v) is 5.65. The summed E-state index contributed by atoms with van der Waals surface area (Å²) in [6, 6.07) is 13.0. The fourth-order valence-electron chi connectivity index (χ4n) is 1.97. The number of hydrogen-bond acceptors (Lipinski definition) is 2. The van der Waals surface area contributed by atoms with Gasteiger partial charge in [0.25, 0.3) is 0 Å². The molecular weight excluding hydrogens is 300 g/mol. The molecule has 0 aliphatic heterocycles. The highest BCUT2D eigenvalue weighted by molar-refractivity contribution is 9.10. The van der Waals surface area contributed by atoms with Crippen molar-refractivity contribution >= 4 is 21.7 Å². The molecule has 3 heteroatoms. The lowest BCUT2D eigenvalue weighted by Crippen LogP contribution is -2.17. The highest BCUT2D eigenvalue weighted by atomic mass is 79.9. The van der Waals surface area contributed by atoms with Crippen LogP contribution in [0.1, 0.15) is 24.5 Å². The van der Waals surface area contributed by atoms with Crippen LogP contribution in [-0.4, -0.2) is 11.0 Å². The summed E-state index contributed by atoms with van der Waals surface area (Å²) in [6.45, 7) is 4.27. The molecule has 1 N–H and O–H groups in total. The van der Waals surface area contributed by atoms with Crippen LogP contribution in [0.4, 0.5) is 5.82 Å². The van der Waals surface area contributed by atoms with E-state index in [2.05, 4.69) is 70.4 Å². The first-order valence-corrected chi connectivity index (χ1v) is 7.37. The fourth-order valence-corrected chi connectivity index (χ4v) is 2.32. The maximum atomic E-state index is 4.38. The van der Waals surface area contributed by atoms with Gasteiger partial charge in [0.1, 0.15) is 5.82 Å². The molecule has 1 heterocycles. The Morgan fingerprint density at radius 2 is 1.95 bits per heavy atom. The lowest BCUT2D eigenvalue weighted by molar-refractivity contribution is 0.702. The molecule has 1 atom stereocenters. The highest BCUT2D eigenvalue weighted by Crippen LogP contribution is 2.24. The zero-order chi connectivity index (χ0) is 13.7. The first kappa shape index (κ1) is 14.1. The molecule has 0 saturated carbocycles. The van der Waals surface area contributed by atoms with Crippen molar-refractivity contribution in [3.63, 3.8) is 0 Å². The van der Waals surface area contributed by atoms with E-state index in [0.29, 0.717) is 6.04 Å². The molecule has 0 amide bonds. The number of benzene rings is 1. The molecule has 1 aromatic heterocycles. The van der Waals surface area contributed by atoms with E-state index in [-0.39, 0.29) is 0 Å². The number of anilines is 1. The van der Waals surface area contributed by atoms with Gasteiger partial charge in [0.2, 0.25) is 0 Å². The van der Waals surface area contributed by atoms with Crippen LogP contribution in [0.25, 0.3) is 0 Å². The Balaban J connectivity index is 1.91. The quantitative estimate of drug-likeness (QED) is 0.872. The molecule has 0 radical (unpaired) electrons. The van der Waals surface area contributed by atoms with E-state index in [0.717, 1.165) is 23.1 Å². The number of nitrogens with zero attached hydrogens (tertiary/aromatic N) is 1. The van der Waals surface area contributed by atoms with E-state index in [1.54, 1.807) is 0 Å². The van der Waals surface area contributed by atoms with Crippen molar-refractivity contribution in [2.75, 3.05) is 5.32 Å². The molecule has 0 spiro atoms. The summed E-state index contributed by atoms with van der Waals surface area (Å²) < 4.78 is 1.06. The smallest absolute Gasteiger partial charge is 0.140 e. The second-order valence-electron chi connectivity index (χ2n) is 4.86. The van der Waals surface area contributed by atoms with Crippen molar-refractivity contribution in [3.8, 4) is 0 Å². The first-order valence-electron chi connectivity index (χ1n) is 6.58. The molecule has 0 aliphatic rings. The van der Waals surface area contributed by atoms with Gasteiger partial charge in [0, 0.05) is 12.2 Å². The molecule has 1 aromatic carbocycles. The van der Waals surface area contributed by atoms with Gasteiger partial charge in [-0.3, -0.25) is 0 Å². The molecule has 0 bridgehead atoms. The maximum Gasteiger partial charge on any atom is 0.140 e. The summed E-state index contributed by atoms with van der Waals surface area (Å²) in [5.74, 6) is 0.931. The molecule has 1 unspecified atom stereocenters. The van der Waals surface area contributed by atoms with Gasteiger partial charge in [0.15, 0.2) is 0 Å². The number of nitrogens with one attached hydrogen (secondary N) is 1. The Labute approximate surface area is 123 Å². The lowest BCUT2D eigenvalue weighted by atomic mass is 10.1. The van der Waals surface area contributed by atoms with Crippen molar-refractivity contribution in [1.29, 1.82) is 0 Å². The Hall–Kier alpha value is -1.35. The SMILES string of the molecule is Cc1ccnc(NC(C)CCc2ccccc2)c1Br. The van der Waals surface area contributed by atoms with E-state index >= 15 is 0 Å². The van der Waals surface area contributed by atoms with Crippen molar-refractivity contribution < 1.29 is 0 Å². The average Bonchev–Trinajstić information content (AvgIpc) is 2.43. The lowest BCUT2D eigenvalue weighted by Gasteiger charge is -2.16. The van der Waals surface area contributed by atoms with Gasteiger partial charge < -0.3 is 5.32 Å². The van der Waals surface area contributed by atoms with E-state index in [1.165, 1.54) is 11.1 Å². The largest absolute Gasteiger partial charge is 0.367 e. The van der Waals surface area contributed by atoms with E-state index in [9.17, 15) is 0 Å². The van der Waals surface area contributed by atoms with Crippen LogP contribution >= 0.6 is 15.9 Å². The van der Waals surface area contributed by atoms with Crippen LogP contribution in [0.3, 0.4) is 0 Å². The third kappa shape index (κ3) is 4.06. The van der Waals surface area contributed by atoms with Gasteiger partial charge in [-0.2, -0.15) is 0 Å². The van der Waals surface area contributed by atoms with Crippen LogP contribution in [-0.2, 0) is 6.42 Å². The third-order valence-electron chi connectivity index (χ3n) is 3.17. The summed E-state index contributed by atoms with van der Waals surface area (Å²) in [5, 5.41) is 3.46. The number of aryl methyl sites for hydroxylation is 2. The van der Waals surface area contributed by atoms with Crippen molar-refractivity contribution in [2.45, 2.75) is 32.7 Å². The van der Waals surface area contributed by atoms with Gasteiger partial charge in [-0.15, -0.1) is 0 Å². The maximum absolute atomic E-state index is 4.38. The van der Waals surface area contributed by atoms with Crippen molar-refractivity contribution in [2.24, 2.45) is 0 Å². The predicted molar refractivity (Wildman–Crippen MR) is 84.5 cm³/mol. The Bertz CT molecular complexity index is 526. The molecule has 100 valence electrons. The molecule has 2 nitrogen and oxygen atoms in total. The third-order valence-corrected chi connectivity index (χ3v) is 4.18. The second kappa shape index (κ2) is 6.71. The van der Waals surface area contributed by atoms with Crippen LogP contribution in [0.2, 0.25) is 0 Å². The van der Waals surface area contributed by atoms with Crippen molar-refractivity contribution in [3.05, 3.63) is 58.2 Å². The Morgan fingerprint density at radius 3 is 2.68 bits per heavy atom. The summed E-state index contributed by atoms with van der Waals surface area (Å²) in [5.41, 5.74) is 2.58. The van der Waals surface area contributed by atoms with E-state index in [4.69, 9.17) is 0 Å². The zero-order valence-corrected chi connectivity index (χ0v) is 12.9. The molecular formula is C16H19BrN2. The van der Waals surface area contributed by atoms with Gasteiger partial charge in [-0.25, -0.2) is 4.98 Å². The standard InChI is InChI=1S/C16H19BrN2/c1-12-10-11-18-16(15(12)17)19-13(2)8-9-14-6-4-3-5-7-14/h3-7,10-11,13H,8-9H2,1-2H3,(H,18,19). The highest BCUT2D eigenvalue weighted by Gasteiger charge is 2.08. The summed E-state index contributed by atoms with van der Waals surface area (Å²) in [4.78, 5) is 4.38. The van der Waals surface area contributed by atoms with Gasteiger partial charge in [-0.05, 0) is 59.8 Å². The Morgan fingerprint density at radius 1 is 1.21 bits per heavy atom. The van der Waals surface area contributed by atoms with E-state index < -0.39 is 0 Å². The number of pyridine rings is 1. The van der Waals surface area contributed by atoms with Gasteiger partial charge in [0.05, 0.1) is 4.47 Å². The molecule has 19 heavy (non-hydrogen) atoms. The van der Waals surface area contributed by atoms with Crippen LogP contribution in [0.15, 0.2) is 47.1 Å². The monoisotopic (exact) mass is 318 g/mol. The molecule has 2 rings (SSSR count). The van der Waals surface area contributed by atoms with E-state index in [1.807, 2.05) is 12.3 Å². The number of rotatable bonds is 5. The number of halogens is 1. The Kier molecular flexibility index (Phi) is 4.97. The first-order chi connectivity index (χ1) is 9.16. The number of aromatic nitrogens is 1. The summed E-state index contributed by atoms with van der Waals surface area (Å²) in [7, 11) is 0. The molecule has 0 aliphatic carbocycles. The van der Waals surface area contributed by atoms with Gasteiger partial charge in [-0.1, -0.05) is 30.3 Å². The molecule has 0 fully saturated rings. The topological polar surface area (TPSA) is 24.9 Å². The average molecular weight is 319 g/mol. The normalized spacial score (nSPS) is 12.2. The predicted octanol–water partition coefficient (Wildman–Crippen LogP) is 4.59. The van der Waals surface area contributed by atoms with Crippen LogP contribution < -0.4 is 5.32 Å². The number of hydrogen-bond donors (Lipinski definition) is 1. The minimum Gasteiger partial charge on any atom is -0.367 e. The zero-order valence-electron chi connectivity index (χ0n) is 11.4. The van der Waals surface area contributed by atoms with Crippen molar-refractivity contribution in [1.82, 2.24) is 4.98 Å². The molecule has 0 saturated heterocycles. The minimum absolute atomic E-state index is 0.394. The minimum atomic E-state index is 0.394. The van der Waals surface area contributed by atoms with Gasteiger partial charge >= 0.3 is 0 Å². The summed E-state index contributed by atoms with van der Waals surface area (Å²) >= 11 is 3.58. The van der Waals surface area contributed by atoms with Crippen LogP contribution in [0.5, 0.6) is 0 Å². The molecule has 2 aromatic rings. The fraction of sp³-hybridized carbons (Fsp3) is 0.312. The summed E-state index contributed by atoms with van der Waals surface area (Å²) in [6.07, 6.45) is 4.01.